The monoisotopic (exact) mass is 305 g/mol. The highest BCUT2D eigenvalue weighted by atomic mass is 32.2. The smallest absolute Gasteiger partial charge is 0.318 e. The van der Waals surface area contributed by atoms with E-state index in [9.17, 15) is 13.2 Å². The molecule has 0 heterocycles. The van der Waals surface area contributed by atoms with E-state index in [1.807, 2.05) is 35.9 Å². The molecule has 2 N–H and O–H groups in total. The van der Waals surface area contributed by atoms with Gasteiger partial charge in [-0.15, -0.1) is 0 Å². The first-order valence-corrected chi connectivity index (χ1v) is 7.75. The first-order chi connectivity index (χ1) is 9.88. The summed E-state index contributed by atoms with van der Waals surface area (Å²) in [6.07, 6.45) is 0. The van der Waals surface area contributed by atoms with Crippen molar-refractivity contribution in [3.8, 4) is 11.1 Å². The van der Waals surface area contributed by atoms with Gasteiger partial charge in [0.05, 0.1) is 4.90 Å². The van der Waals surface area contributed by atoms with E-state index < -0.39 is 22.5 Å². The molecule has 0 spiro atoms. The van der Waals surface area contributed by atoms with E-state index >= 15 is 0 Å². The number of aryl methyl sites for hydroxylation is 1. The second-order valence-electron chi connectivity index (χ2n) is 4.61. The average Bonchev–Trinajstić information content (AvgIpc) is 2.46. The highest BCUT2D eigenvalue weighted by Crippen LogP contribution is 2.21. The van der Waals surface area contributed by atoms with Gasteiger partial charge in [0.1, 0.15) is 6.54 Å². The summed E-state index contributed by atoms with van der Waals surface area (Å²) in [7, 11) is -3.79. The molecule has 0 aromatic heterocycles. The quantitative estimate of drug-likeness (QED) is 0.885. The van der Waals surface area contributed by atoms with Gasteiger partial charge in [0.15, 0.2) is 0 Å². The summed E-state index contributed by atoms with van der Waals surface area (Å²) in [4.78, 5) is 10.5. The fourth-order valence-electron chi connectivity index (χ4n) is 1.81. The topological polar surface area (TPSA) is 83.5 Å². The minimum Gasteiger partial charge on any atom is -0.480 e. The van der Waals surface area contributed by atoms with Crippen molar-refractivity contribution < 1.29 is 18.3 Å². The molecule has 0 saturated heterocycles. The Morgan fingerprint density at radius 1 is 1.00 bits per heavy atom. The highest BCUT2D eigenvalue weighted by molar-refractivity contribution is 7.89. The number of carboxylic acids is 1. The standard InChI is InChI=1S/C15H15NO4S/c1-11-2-4-12(5-3-11)13-6-8-14(9-7-13)21(19,20)16-10-15(17)18/h2-9,16H,10H2,1H3,(H,17,18). The van der Waals surface area contributed by atoms with Crippen LogP contribution >= 0.6 is 0 Å². The lowest BCUT2D eigenvalue weighted by molar-refractivity contribution is -0.135. The zero-order valence-corrected chi connectivity index (χ0v) is 12.2. The fraction of sp³-hybridized carbons (Fsp3) is 0.133. The van der Waals surface area contributed by atoms with Gasteiger partial charge in [-0.3, -0.25) is 4.79 Å². The van der Waals surface area contributed by atoms with E-state index in [2.05, 4.69) is 0 Å². The summed E-state index contributed by atoms with van der Waals surface area (Å²) in [5.74, 6) is -1.23. The minimum atomic E-state index is -3.79. The molecule has 0 bridgehead atoms. The Labute approximate surface area is 123 Å². The van der Waals surface area contributed by atoms with Gasteiger partial charge < -0.3 is 5.11 Å². The Bertz CT molecular complexity index is 734. The van der Waals surface area contributed by atoms with Gasteiger partial charge in [-0.2, -0.15) is 4.72 Å². The van der Waals surface area contributed by atoms with Crippen LogP contribution in [-0.2, 0) is 14.8 Å². The van der Waals surface area contributed by atoms with Crippen LogP contribution in [0.15, 0.2) is 53.4 Å². The first-order valence-electron chi connectivity index (χ1n) is 6.27. The number of carbonyl (C=O) groups is 1. The SMILES string of the molecule is Cc1ccc(-c2ccc(S(=O)(=O)NCC(=O)O)cc2)cc1. The van der Waals surface area contributed by atoms with Crippen LogP contribution in [0, 0.1) is 6.92 Å². The lowest BCUT2D eigenvalue weighted by Gasteiger charge is -2.06. The van der Waals surface area contributed by atoms with Crippen LogP contribution in [0.1, 0.15) is 5.56 Å². The number of hydrogen-bond acceptors (Lipinski definition) is 3. The van der Waals surface area contributed by atoms with Crippen LogP contribution < -0.4 is 4.72 Å². The molecule has 0 aliphatic carbocycles. The van der Waals surface area contributed by atoms with Crippen LogP contribution in [0.5, 0.6) is 0 Å². The molecule has 0 amide bonds. The van der Waals surface area contributed by atoms with Gasteiger partial charge in [-0.25, -0.2) is 8.42 Å². The van der Waals surface area contributed by atoms with Crippen molar-refractivity contribution >= 4 is 16.0 Å². The van der Waals surface area contributed by atoms with Crippen molar-refractivity contribution in [3.63, 3.8) is 0 Å². The summed E-state index contributed by atoms with van der Waals surface area (Å²) >= 11 is 0. The molecule has 110 valence electrons. The maximum atomic E-state index is 11.9. The fourth-order valence-corrected chi connectivity index (χ4v) is 2.79. The maximum absolute atomic E-state index is 11.9. The second-order valence-corrected chi connectivity index (χ2v) is 6.38. The first kappa shape index (κ1) is 15.2. The zero-order valence-electron chi connectivity index (χ0n) is 11.4. The largest absolute Gasteiger partial charge is 0.480 e. The molecule has 0 saturated carbocycles. The summed E-state index contributed by atoms with van der Waals surface area (Å²) < 4.78 is 25.7. The molecule has 21 heavy (non-hydrogen) atoms. The number of carboxylic acid groups (broad SMARTS) is 1. The maximum Gasteiger partial charge on any atom is 0.318 e. The van der Waals surface area contributed by atoms with Crippen LogP contribution in [0.25, 0.3) is 11.1 Å². The molecule has 2 aromatic rings. The predicted molar refractivity (Wildman–Crippen MR) is 79.4 cm³/mol. The van der Waals surface area contributed by atoms with Crippen molar-refractivity contribution in [2.24, 2.45) is 0 Å². The molecule has 0 unspecified atom stereocenters. The van der Waals surface area contributed by atoms with E-state index in [1.165, 1.54) is 12.1 Å². The second kappa shape index (κ2) is 6.07. The van der Waals surface area contributed by atoms with Gasteiger partial charge in [-0.05, 0) is 30.2 Å². The van der Waals surface area contributed by atoms with E-state index in [4.69, 9.17) is 5.11 Å². The average molecular weight is 305 g/mol. The van der Waals surface area contributed by atoms with Crippen molar-refractivity contribution in [3.05, 3.63) is 54.1 Å². The normalized spacial score (nSPS) is 11.3. The number of aliphatic carboxylic acids is 1. The molecule has 0 aliphatic heterocycles. The zero-order chi connectivity index (χ0) is 15.5. The summed E-state index contributed by atoms with van der Waals surface area (Å²) in [5.41, 5.74) is 3.03. The number of sulfonamides is 1. The highest BCUT2D eigenvalue weighted by Gasteiger charge is 2.14. The van der Waals surface area contributed by atoms with Gasteiger partial charge >= 0.3 is 5.97 Å². The third-order valence-electron chi connectivity index (χ3n) is 2.96. The van der Waals surface area contributed by atoms with E-state index in [1.54, 1.807) is 12.1 Å². The number of benzene rings is 2. The van der Waals surface area contributed by atoms with Gasteiger partial charge in [0.25, 0.3) is 0 Å². The Morgan fingerprint density at radius 2 is 1.48 bits per heavy atom. The molecule has 0 radical (unpaired) electrons. The third-order valence-corrected chi connectivity index (χ3v) is 4.38. The Morgan fingerprint density at radius 3 is 1.95 bits per heavy atom. The third kappa shape index (κ3) is 3.90. The van der Waals surface area contributed by atoms with Crippen LogP contribution in [0.3, 0.4) is 0 Å². The van der Waals surface area contributed by atoms with Crippen LogP contribution in [0.2, 0.25) is 0 Å². The molecule has 6 heteroatoms. The molecule has 2 rings (SSSR count). The summed E-state index contributed by atoms with van der Waals surface area (Å²) in [6.45, 7) is 1.36. The van der Waals surface area contributed by atoms with Gasteiger partial charge in [0, 0.05) is 0 Å². The molecule has 0 fully saturated rings. The molecular formula is C15H15NO4S. The summed E-state index contributed by atoms with van der Waals surface area (Å²) in [6, 6.07) is 14.2. The van der Waals surface area contributed by atoms with Crippen molar-refractivity contribution in [2.45, 2.75) is 11.8 Å². The van der Waals surface area contributed by atoms with Gasteiger partial charge in [-0.1, -0.05) is 42.0 Å². The molecule has 2 aromatic carbocycles. The minimum absolute atomic E-state index is 0.0413. The van der Waals surface area contributed by atoms with E-state index in [-0.39, 0.29) is 4.90 Å². The van der Waals surface area contributed by atoms with Crippen LogP contribution in [-0.4, -0.2) is 26.0 Å². The van der Waals surface area contributed by atoms with E-state index in [0.717, 1.165) is 16.7 Å². The van der Waals surface area contributed by atoms with Crippen molar-refractivity contribution in [2.75, 3.05) is 6.54 Å². The van der Waals surface area contributed by atoms with Crippen LogP contribution in [0.4, 0.5) is 0 Å². The predicted octanol–water partition coefficient (Wildman–Crippen LogP) is 2.02. The van der Waals surface area contributed by atoms with Crippen molar-refractivity contribution in [1.82, 2.24) is 4.72 Å². The number of nitrogens with one attached hydrogen (secondary N) is 1. The summed E-state index contributed by atoms with van der Waals surface area (Å²) in [5, 5.41) is 8.51. The molecular weight excluding hydrogens is 290 g/mol. The van der Waals surface area contributed by atoms with E-state index in [0.29, 0.717) is 0 Å². The molecule has 0 atom stereocenters. The lowest BCUT2D eigenvalue weighted by atomic mass is 10.0. The van der Waals surface area contributed by atoms with Gasteiger partial charge in [0.2, 0.25) is 10.0 Å². The lowest BCUT2D eigenvalue weighted by Crippen LogP contribution is -2.29. The number of rotatable bonds is 5. The molecule has 5 nitrogen and oxygen atoms in total. The Hall–Kier alpha value is -2.18. The molecule has 0 aliphatic rings. The van der Waals surface area contributed by atoms with Crippen molar-refractivity contribution in [1.29, 1.82) is 0 Å². The number of hydrogen-bond donors (Lipinski definition) is 2. The Kier molecular flexibility index (Phi) is 4.40. The Balaban J connectivity index is 2.22.